The molecule has 114 valence electrons. The van der Waals surface area contributed by atoms with Gasteiger partial charge in [-0.2, -0.15) is 5.26 Å². The zero-order valence-corrected chi connectivity index (χ0v) is 14.0. The van der Waals surface area contributed by atoms with Crippen molar-refractivity contribution in [1.29, 1.82) is 5.26 Å². The number of carbonyl (C=O) groups is 1. The van der Waals surface area contributed by atoms with Crippen LogP contribution in [0.2, 0.25) is 0 Å². The zero-order valence-electron chi connectivity index (χ0n) is 11.9. The fourth-order valence-electron chi connectivity index (χ4n) is 2.08. The van der Waals surface area contributed by atoms with Crippen LogP contribution in [0.4, 0.5) is 5.69 Å². The van der Waals surface area contributed by atoms with Crippen LogP contribution >= 0.6 is 22.6 Å². The van der Waals surface area contributed by atoms with Gasteiger partial charge in [0.15, 0.2) is 11.5 Å². The van der Waals surface area contributed by atoms with Gasteiger partial charge in [-0.15, -0.1) is 0 Å². The average molecular weight is 418 g/mol. The first-order valence-corrected chi connectivity index (χ1v) is 7.82. The van der Waals surface area contributed by atoms with Crippen LogP contribution in [0.5, 0.6) is 11.5 Å². The highest BCUT2D eigenvalue weighted by Gasteiger charge is 2.14. The van der Waals surface area contributed by atoms with Gasteiger partial charge in [-0.05, 0) is 64.6 Å². The average Bonchev–Trinajstić information content (AvgIpc) is 3.00. The Balaban J connectivity index is 1.81. The van der Waals surface area contributed by atoms with E-state index in [1.807, 2.05) is 24.3 Å². The normalized spacial score (nSPS) is 12.6. The summed E-state index contributed by atoms with van der Waals surface area (Å²) in [7, 11) is 0. The molecule has 0 unspecified atom stereocenters. The Hall–Kier alpha value is -2.53. The van der Waals surface area contributed by atoms with Crippen molar-refractivity contribution in [3.8, 4) is 17.6 Å². The maximum absolute atomic E-state index is 12.2. The van der Waals surface area contributed by atoms with E-state index in [1.54, 1.807) is 24.3 Å². The van der Waals surface area contributed by atoms with Crippen molar-refractivity contribution in [3.63, 3.8) is 0 Å². The summed E-state index contributed by atoms with van der Waals surface area (Å²) in [6, 6.07) is 14.5. The number of nitrogens with one attached hydrogen (secondary N) is 1. The molecule has 0 saturated carbocycles. The molecule has 0 aromatic heterocycles. The molecule has 0 radical (unpaired) electrons. The number of carbonyl (C=O) groups excluding carboxylic acids is 1. The minimum Gasteiger partial charge on any atom is -0.454 e. The predicted octanol–water partition coefficient (Wildman–Crippen LogP) is 3.57. The molecule has 6 heteroatoms. The molecule has 3 rings (SSSR count). The van der Waals surface area contributed by atoms with Crippen molar-refractivity contribution < 1.29 is 14.3 Å². The number of hydrogen-bond donors (Lipinski definition) is 1. The fourth-order valence-corrected chi connectivity index (χ4v) is 2.63. The monoisotopic (exact) mass is 418 g/mol. The number of rotatable bonds is 3. The van der Waals surface area contributed by atoms with E-state index in [2.05, 4.69) is 27.9 Å². The smallest absolute Gasteiger partial charge is 0.266 e. The van der Waals surface area contributed by atoms with Gasteiger partial charge in [0, 0.05) is 9.26 Å². The lowest BCUT2D eigenvalue weighted by Gasteiger charge is -2.05. The van der Waals surface area contributed by atoms with E-state index in [4.69, 9.17) is 9.47 Å². The number of nitrogens with zero attached hydrogens (tertiary/aromatic N) is 1. The van der Waals surface area contributed by atoms with E-state index >= 15 is 0 Å². The van der Waals surface area contributed by atoms with Crippen LogP contribution in [0, 0.1) is 14.9 Å². The number of hydrogen-bond acceptors (Lipinski definition) is 4. The third kappa shape index (κ3) is 3.63. The molecule has 1 aliphatic heterocycles. The molecule has 0 fully saturated rings. The van der Waals surface area contributed by atoms with Gasteiger partial charge in [0.25, 0.3) is 5.91 Å². The molecule has 2 aromatic rings. The van der Waals surface area contributed by atoms with Crippen LogP contribution in [0.3, 0.4) is 0 Å². The number of nitriles is 1. The van der Waals surface area contributed by atoms with Gasteiger partial charge < -0.3 is 14.8 Å². The van der Waals surface area contributed by atoms with E-state index in [1.165, 1.54) is 6.08 Å². The van der Waals surface area contributed by atoms with Crippen molar-refractivity contribution in [3.05, 3.63) is 57.2 Å². The standard InChI is InChI=1S/C17H11IN2O3/c18-13-2-1-3-14(8-13)20-17(21)12(9-19)6-11-4-5-15-16(7-11)23-10-22-15/h1-8H,10H2,(H,20,21). The van der Waals surface area contributed by atoms with Crippen LogP contribution in [0.25, 0.3) is 6.08 Å². The molecule has 0 atom stereocenters. The Kier molecular flexibility index (Phi) is 4.48. The SMILES string of the molecule is N#CC(=Cc1ccc2c(c1)OCO2)C(=O)Nc1cccc(I)c1. The van der Waals surface area contributed by atoms with Crippen LogP contribution in [0.15, 0.2) is 48.0 Å². The molecule has 5 nitrogen and oxygen atoms in total. The summed E-state index contributed by atoms with van der Waals surface area (Å²) in [5.41, 5.74) is 1.36. The first-order valence-electron chi connectivity index (χ1n) is 6.74. The minimum absolute atomic E-state index is 0.0164. The molecular formula is C17H11IN2O3. The van der Waals surface area contributed by atoms with E-state index in [9.17, 15) is 10.1 Å². The second-order valence-electron chi connectivity index (χ2n) is 4.75. The highest BCUT2D eigenvalue weighted by Crippen LogP contribution is 2.33. The second-order valence-corrected chi connectivity index (χ2v) is 5.99. The van der Waals surface area contributed by atoms with Crippen molar-refractivity contribution >= 4 is 40.3 Å². The van der Waals surface area contributed by atoms with E-state index in [0.717, 1.165) is 3.57 Å². The molecule has 0 spiro atoms. The van der Waals surface area contributed by atoms with Crippen LogP contribution in [0.1, 0.15) is 5.56 Å². The molecule has 1 N–H and O–H groups in total. The molecule has 0 saturated heterocycles. The van der Waals surface area contributed by atoms with Crippen LogP contribution < -0.4 is 14.8 Å². The Morgan fingerprint density at radius 3 is 2.83 bits per heavy atom. The largest absolute Gasteiger partial charge is 0.454 e. The maximum Gasteiger partial charge on any atom is 0.266 e. The Bertz CT molecular complexity index is 840. The molecule has 23 heavy (non-hydrogen) atoms. The number of ether oxygens (including phenoxy) is 2. The Morgan fingerprint density at radius 2 is 2.04 bits per heavy atom. The van der Waals surface area contributed by atoms with E-state index in [0.29, 0.717) is 22.7 Å². The molecular weight excluding hydrogens is 407 g/mol. The van der Waals surface area contributed by atoms with E-state index < -0.39 is 5.91 Å². The first kappa shape index (κ1) is 15.4. The van der Waals surface area contributed by atoms with Gasteiger partial charge in [0.2, 0.25) is 6.79 Å². The maximum atomic E-state index is 12.2. The molecule has 1 aliphatic rings. The van der Waals surface area contributed by atoms with Gasteiger partial charge in [-0.25, -0.2) is 0 Å². The minimum atomic E-state index is -0.452. The van der Waals surface area contributed by atoms with Gasteiger partial charge >= 0.3 is 0 Å². The van der Waals surface area contributed by atoms with Crippen LogP contribution in [-0.4, -0.2) is 12.7 Å². The summed E-state index contributed by atoms with van der Waals surface area (Å²) in [4.78, 5) is 12.2. The van der Waals surface area contributed by atoms with Gasteiger partial charge in [-0.3, -0.25) is 4.79 Å². The topological polar surface area (TPSA) is 71.3 Å². The lowest BCUT2D eigenvalue weighted by atomic mass is 10.1. The molecule has 1 amide bonds. The van der Waals surface area contributed by atoms with Crippen molar-refractivity contribution in [2.45, 2.75) is 0 Å². The number of amides is 1. The summed E-state index contributed by atoms with van der Waals surface area (Å²) in [5.74, 6) is 0.810. The van der Waals surface area contributed by atoms with E-state index in [-0.39, 0.29) is 12.4 Å². The summed E-state index contributed by atoms with van der Waals surface area (Å²) >= 11 is 2.16. The molecule has 1 heterocycles. The van der Waals surface area contributed by atoms with Crippen molar-refractivity contribution in [1.82, 2.24) is 0 Å². The number of anilines is 1. The van der Waals surface area contributed by atoms with Gasteiger partial charge in [0.05, 0.1) is 0 Å². The second kappa shape index (κ2) is 6.71. The number of fused-ring (bicyclic) bond motifs is 1. The third-order valence-corrected chi connectivity index (χ3v) is 3.83. The Labute approximate surface area is 146 Å². The highest BCUT2D eigenvalue weighted by atomic mass is 127. The van der Waals surface area contributed by atoms with Gasteiger partial charge in [0.1, 0.15) is 11.6 Å². The highest BCUT2D eigenvalue weighted by molar-refractivity contribution is 14.1. The summed E-state index contributed by atoms with van der Waals surface area (Å²) in [6.07, 6.45) is 1.52. The Morgan fingerprint density at radius 1 is 1.22 bits per heavy atom. The fraction of sp³-hybridized carbons (Fsp3) is 0.0588. The summed E-state index contributed by atoms with van der Waals surface area (Å²) < 4.78 is 11.5. The van der Waals surface area contributed by atoms with Crippen molar-refractivity contribution in [2.24, 2.45) is 0 Å². The predicted molar refractivity (Wildman–Crippen MR) is 93.9 cm³/mol. The lowest BCUT2D eigenvalue weighted by molar-refractivity contribution is -0.112. The summed E-state index contributed by atoms with van der Waals surface area (Å²) in [6.45, 7) is 0.181. The lowest BCUT2D eigenvalue weighted by Crippen LogP contribution is -2.13. The van der Waals surface area contributed by atoms with Gasteiger partial charge in [-0.1, -0.05) is 12.1 Å². The third-order valence-electron chi connectivity index (χ3n) is 3.16. The summed E-state index contributed by atoms with van der Waals surface area (Å²) in [5, 5.41) is 12.0. The van der Waals surface area contributed by atoms with Crippen molar-refractivity contribution in [2.75, 3.05) is 12.1 Å². The zero-order chi connectivity index (χ0) is 16.2. The number of halogens is 1. The molecule has 2 aromatic carbocycles. The number of benzene rings is 2. The molecule has 0 aliphatic carbocycles. The van der Waals surface area contributed by atoms with Crippen LogP contribution in [-0.2, 0) is 4.79 Å². The quantitative estimate of drug-likeness (QED) is 0.470. The molecule has 0 bridgehead atoms. The first-order chi connectivity index (χ1) is 11.2.